The summed E-state index contributed by atoms with van der Waals surface area (Å²) in [6.45, 7) is 0. The van der Waals surface area contributed by atoms with E-state index in [-0.39, 0.29) is 0 Å². The molecule has 1 heterocycles. The zero-order chi connectivity index (χ0) is 13.1. The van der Waals surface area contributed by atoms with Gasteiger partial charge in [-0.3, -0.25) is 4.98 Å². The van der Waals surface area contributed by atoms with Gasteiger partial charge >= 0.3 is 0 Å². The average molecular weight is 251 g/mol. The third-order valence-electron chi connectivity index (χ3n) is 2.80. The molecular formula is C14H13N5. The monoisotopic (exact) mass is 251 g/mol. The lowest BCUT2D eigenvalue weighted by molar-refractivity contribution is 1.16. The molecule has 0 aliphatic heterocycles. The van der Waals surface area contributed by atoms with Gasteiger partial charge in [-0.25, -0.2) is 10.8 Å². The number of hydrogen-bond acceptors (Lipinski definition) is 5. The Kier molecular flexibility index (Phi) is 2.96. The van der Waals surface area contributed by atoms with Crippen LogP contribution in [0.25, 0.3) is 10.8 Å². The maximum Gasteiger partial charge on any atom is 0.160 e. The maximum absolute atomic E-state index is 5.31. The lowest BCUT2D eigenvalue weighted by Crippen LogP contribution is -2.09. The highest BCUT2D eigenvalue weighted by molar-refractivity contribution is 5.86. The number of nitrogens with zero attached hydrogens (tertiary/aromatic N) is 2. The Bertz CT molecular complexity index is 711. The largest absolute Gasteiger partial charge is 0.339 e. The number of benzene rings is 2. The van der Waals surface area contributed by atoms with Crippen molar-refractivity contribution in [3.63, 3.8) is 0 Å². The number of nitrogen functional groups attached to an aromatic ring is 1. The van der Waals surface area contributed by atoms with Crippen LogP contribution in [-0.2, 0) is 0 Å². The lowest BCUT2D eigenvalue weighted by atomic mass is 10.1. The minimum Gasteiger partial charge on any atom is -0.339 e. The summed E-state index contributed by atoms with van der Waals surface area (Å²) < 4.78 is 0. The third-order valence-corrected chi connectivity index (χ3v) is 2.80. The van der Waals surface area contributed by atoms with E-state index in [9.17, 15) is 0 Å². The van der Waals surface area contributed by atoms with Crippen molar-refractivity contribution in [1.82, 2.24) is 9.97 Å². The molecule has 0 fully saturated rings. The summed E-state index contributed by atoms with van der Waals surface area (Å²) >= 11 is 0. The van der Waals surface area contributed by atoms with Crippen LogP contribution < -0.4 is 16.6 Å². The minimum atomic E-state index is 0.519. The molecule has 5 nitrogen and oxygen atoms in total. The number of nitrogens with one attached hydrogen (secondary N) is 2. The lowest BCUT2D eigenvalue weighted by Gasteiger charge is -2.07. The molecule has 0 unspecified atom stereocenters. The molecule has 0 amide bonds. The predicted molar refractivity (Wildman–Crippen MR) is 77.1 cm³/mol. The molecule has 4 N–H and O–H groups in total. The summed E-state index contributed by atoms with van der Waals surface area (Å²) in [6.07, 6.45) is 3.21. The normalized spacial score (nSPS) is 10.4. The van der Waals surface area contributed by atoms with E-state index < -0.39 is 0 Å². The predicted octanol–water partition coefficient (Wildman–Crippen LogP) is 2.66. The molecule has 0 aliphatic carbocycles. The number of anilines is 3. The highest BCUT2D eigenvalue weighted by atomic mass is 15.3. The molecule has 0 spiro atoms. The number of hydrogen-bond donors (Lipinski definition) is 3. The molecule has 0 saturated carbocycles. The smallest absolute Gasteiger partial charge is 0.160 e. The van der Waals surface area contributed by atoms with Gasteiger partial charge in [-0.1, -0.05) is 30.3 Å². The maximum atomic E-state index is 5.31. The van der Waals surface area contributed by atoms with Crippen molar-refractivity contribution in [2.45, 2.75) is 0 Å². The van der Waals surface area contributed by atoms with Gasteiger partial charge in [-0.15, -0.1) is 0 Å². The molecule has 94 valence electrons. The molecule has 0 atom stereocenters. The Hall–Kier alpha value is -2.66. The van der Waals surface area contributed by atoms with Gasteiger partial charge in [0.1, 0.15) is 0 Å². The van der Waals surface area contributed by atoms with E-state index in [0.717, 1.165) is 5.69 Å². The zero-order valence-corrected chi connectivity index (χ0v) is 10.2. The Balaban J connectivity index is 1.92. The number of rotatable bonds is 3. The number of hydrazine groups is 1. The highest BCUT2D eigenvalue weighted by Gasteiger charge is 2.00. The first-order valence-corrected chi connectivity index (χ1v) is 5.90. The van der Waals surface area contributed by atoms with Gasteiger partial charge in [0.2, 0.25) is 0 Å². The second-order valence-electron chi connectivity index (χ2n) is 4.12. The van der Waals surface area contributed by atoms with Crippen molar-refractivity contribution in [2.24, 2.45) is 5.84 Å². The van der Waals surface area contributed by atoms with Crippen LogP contribution >= 0.6 is 0 Å². The van der Waals surface area contributed by atoms with Crippen molar-refractivity contribution >= 4 is 28.1 Å². The number of aromatic nitrogens is 2. The number of fused-ring (bicyclic) bond motifs is 1. The summed E-state index contributed by atoms with van der Waals surface area (Å²) in [6, 6.07) is 14.3. The van der Waals surface area contributed by atoms with Gasteiger partial charge in [0.15, 0.2) is 11.6 Å². The van der Waals surface area contributed by atoms with Crippen molar-refractivity contribution in [1.29, 1.82) is 0 Å². The second kappa shape index (κ2) is 4.91. The fourth-order valence-corrected chi connectivity index (χ4v) is 1.91. The van der Waals surface area contributed by atoms with E-state index in [0.29, 0.717) is 11.6 Å². The van der Waals surface area contributed by atoms with Gasteiger partial charge < -0.3 is 10.7 Å². The molecule has 2 aromatic carbocycles. The van der Waals surface area contributed by atoms with Crippen LogP contribution in [0.4, 0.5) is 17.3 Å². The van der Waals surface area contributed by atoms with Crippen LogP contribution in [0.3, 0.4) is 0 Å². The van der Waals surface area contributed by atoms with Crippen LogP contribution in [0.5, 0.6) is 0 Å². The standard InChI is InChI=1S/C14H13N5/c15-19-14-9-16-8-13(18-14)17-12-6-5-10-3-1-2-4-11(10)7-12/h1-9H,15H2,(H2,17,18,19). The van der Waals surface area contributed by atoms with E-state index in [1.807, 2.05) is 18.2 Å². The molecular weight excluding hydrogens is 238 g/mol. The first kappa shape index (κ1) is 11.4. The zero-order valence-electron chi connectivity index (χ0n) is 10.2. The van der Waals surface area contributed by atoms with E-state index in [1.165, 1.54) is 10.8 Å². The van der Waals surface area contributed by atoms with Crippen LogP contribution in [-0.4, -0.2) is 9.97 Å². The SMILES string of the molecule is NNc1cncc(Nc2ccc3ccccc3c2)n1. The molecule has 3 rings (SSSR count). The first-order chi connectivity index (χ1) is 9.35. The molecule has 0 aliphatic rings. The second-order valence-corrected chi connectivity index (χ2v) is 4.12. The van der Waals surface area contributed by atoms with Crippen LogP contribution in [0, 0.1) is 0 Å². The van der Waals surface area contributed by atoms with Gasteiger partial charge in [-0.05, 0) is 22.9 Å². The Morgan fingerprint density at radius 2 is 1.68 bits per heavy atom. The quantitative estimate of drug-likeness (QED) is 0.493. The summed E-state index contributed by atoms with van der Waals surface area (Å²) in [5.41, 5.74) is 3.43. The van der Waals surface area contributed by atoms with Crippen molar-refractivity contribution in [2.75, 3.05) is 10.7 Å². The molecule has 1 aromatic heterocycles. The van der Waals surface area contributed by atoms with Crippen LogP contribution in [0.2, 0.25) is 0 Å². The minimum absolute atomic E-state index is 0.519. The molecule has 0 saturated heterocycles. The van der Waals surface area contributed by atoms with Gasteiger partial charge in [0.05, 0.1) is 12.4 Å². The van der Waals surface area contributed by atoms with Gasteiger partial charge in [-0.2, -0.15) is 0 Å². The Morgan fingerprint density at radius 3 is 2.53 bits per heavy atom. The van der Waals surface area contributed by atoms with Crippen molar-refractivity contribution < 1.29 is 0 Å². The fourth-order valence-electron chi connectivity index (χ4n) is 1.91. The van der Waals surface area contributed by atoms with Crippen LogP contribution in [0.1, 0.15) is 0 Å². The average Bonchev–Trinajstić information content (AvgIpc) is 2.47. The highest BCUT2D eigenvalue weighted by Crippen LogP contribution is 2.21. The fraction of sp³-hybridized carbons (Fsp3) is 0. The summed E-state index contributed by atoms with van der Waals surface area (Å²) in [4.78, 5) is 8.30. The first-order valence-electron chi connectivity index (χ1n) is 5.90. The third kappa shape index (κ3) is 2.46. The summed E-state index contributed by atoms with van der Waals surface area (Å²) in [5.74, 6) is 6.47. The molecule has 5 heteroatoms. The molecule has 0 bridgehead atoms. The van der Waals surface area contributed by atoms with E-state index in [4.69, 9.17) is 5.84 Å². The molecule has 19 heavy (non-hydrogen) atoms. The topological polar surface area (TPSA) is 75.9 Å². The van der Waals surface area contributed by atoms with Crippen LogP contribution in [0.15, 0.2) is 54.9 Å². The molecule has 0 radical (unpaired) electrons. The van der Waals surface area contributed by atoms with E-state index in [2.05, 4.69) is 45.0 Å². The molecule has 3 aromatic rings. The van der Waals surface area contributed by atoms with Crippen molar-refractivity contribution in [3.8, 4) is 0 Å². The Morgan fingerprint density at radius 1 is 0.895 bits per heavy atom. The summed E-state index contributed by atoms with van der Waals surface area (Å²) in [7, 11) is 0. The van der Waals surface area contributed by atoms with Crippen molar-refractivity contribution in [3.05, 3.63) is 54.9 Å². The van der Waals surface area contributed by atoms with Gasteiger partial charge in [0.25, 0.3) is 0 Å². The van der Waals surface area contributed by atoms with Gasteiger partial charge in [0, 0.05) is 5.69 Å². The van der Waals surface area contributed by atoms with E-state index in [1.54, 1.807) is 12.4 Å². The Labute approximate surface area is 110 Å². The van der Waals surface area contributed by atoms with E-state index >= 15 is 0 Å². The number of nitrogens with two attached hydrogens (primary N) is 1. The summed E-state index contributed by atoms with van der Waals surface area (Å²) in [5, 5.41) is 5.58.